The molecular formula is C15H18N4O2. The summed E-state index contributed by atoms with van der Waals surface area (Å²) in [5.41, 5.74) is 2.57. The van der Waals surface area contributed by atoms with Crippen LogP contribution in [0.2, 0.25) is 0 Å². The van der Waals surface area contributed by atoms with E-state index in [9.17, 15) is 9.59 Å². The summed E-state index contributed by atoms with van der Waals surface area (Å²) in [5.74, 6) is 0.232. The third-order valence-corrected chi connectivity index (χ3v) is 3.31. The van der Waals surface area contributed by atoms with Gasteiger partial charge in [0.05, 0.1) is 5.69 Å². The van der Waals surface area contributed by atoms with Crippen LogP contribution in [0.1, 0.15) is 24.6 Å². The van der Waals surface area contributed by atoms with Crippen LogP contribution in [0.15, 0.2) is 24.8 Å². The van der Waals surface area contributed by atoms with Crippen molar-refractivity contribution in [2.75, 3.05) is 11.4 Å². The molecule has 1 aliphatic rings. The van der Waals surface area contributed by atoms with Gasteiger partial charge in [0.15, 0.2) is 5.82 Å². The number of anilines is 1. The molecule has 0 aromatic carbocycles. The number of rotatable bonds is 4. The predicted molar refractivity (Wildman–Crippen MR) is 82.6 cm³/mol. The molecule has 6 heteroatoms. The van der Waals surface area contributed by atoms with Crippen LogP contribution in [0.4, 0.5) is 10.6 Å². The number of nitrogens with one attached hydrogen (secondary N) is 1. The van der Waals surface area contributed by atoms with E-state index in [4.69, 9.17) is 0 Å². The van der Waals surface area contributed by atoms with Gasteiger partial charge < -0.3 is 0 Å². The normalized spacial score (nSPS) is 15.9. The monoisotopic (exact) mass is 286 g/mol. The molecule has 0 atom stereocenters. The fourth-order valence-corrected chi connectivity index (χ4v) is 2.15. The zero-order valence-corrected chi connectivity index (χ0v) is 12.2. The molecule has 1 aliphatic heterocycles. The van der Waals surface area contributed by atoms with Crippen LogP contribution in [0, 0.1) is 0 Å². The quantitative estimate of drug-likeness (QED) is 0.862. The number of carbonyl (C=O) groups is 2. The SMILES string of the molecule is C=C/C(C)=C\c1c(C=C)c(N2CCC(=O)NC2=O)nn1C. The maximum Gasteiger partial charge on any atom is 0.329 e. The van der Waals surface area contributed by atoms with E-state index in [1.807, 2.05) is 13.0 Å². The minimum absolute atomic E-state index is 0.260. The standard InChI is InChI=1S/C15H18N4O2/c1-5-10(3)9-12-11(6-2)14(17-18(12)4)19-8-7-13(20)16-15(19)21/h5-6,9H,1-2,7-8H2,3-4H3,(H,16,20,21)/b10-9-. The van der Waals surface area contributed by atoms with E-state index >= 15 is 0 Å². The lowest BCUT2D eigenvalue weighted by atomic mass is 10.1. The highest BCUT2D eigenvalue weighted by Gasteiger charge is 2.28. The van der Waals surface area contributed by atoms with E-state index in [2.05, 4.69) is 23.6 Å². The number of hydrogen-bond donors (Lipinski definition) is 1. The summed E-state index contributed by atoms with van der Waals surface area (Å²) in [6, 6.07) is -0.455. The average molecular weight is 286 g/mol. The molecule has 1 aromatic heterocycles. The number of nitrogens with zero attached hydrogens (tertiary/aromatic N) is 3. The fraction of sp³-hybridized carbons (Fsp3) is 0.267. The van der Waals surface area contributed by atoms with Crippen molar-refractivity contribution in [1.29, 1.82) is 0 Å². The Bertz CT molecular complexity index is 655. The van der Waals surface area contributed by atoms with Gasteiger partial charge in [0.1, 0.15) is 0 Å². The maximum absolute atomic E-state index is 12.0. The summed E-state index contributed by atoms with van der Waals surface area (Å²) < 4.78 is 1.68. The summed E-state index contributed by atoms with van der Waals surface area (Å²) in [5, 5.41) is 6.68. The molecule has 1 N–H and O–H groups in total. The lowest BCUT2D eigenvalue weighted by molar-refractivity contribution is -0.120. The van der Waals surface area contributed by atoms with Gasteiger partial charge in [-0.25, -0.2) is 4.79 Å². The number of amides is 3. The first kappa shape index (κ1) is 14.8. The van der Waals surface area contributed by atoms with Crippen LogP contribution in [0.5, 0.6) is 0 Å². The van der Waals surface area contributed by atoms with Crippen LogP contribution >= 0.6 is 0 Å². The van der Waals surface area contributed by atoms with Crippen LogP contribution in [0.25, 0.3) is 12.2 Å². The van der Waals surface area contributed by atoms with E-state index in [-0.39, 0.29) is 12.3 Å². The number of imide groups is 1. The Balaban J connectivity index is 2.48. The van der Waals surface area contributed by atoms with Crippen molar-refractivity contribution in [2.24, 2.45) is 7.05 Å². The Kier molecular flexibility index (Phi) is 4.07. The molecule has 2 heterocycles. The molecule has 0 spiro atoms. The second-order valence-electron chi connectivity index (χ2n) is 4.80. The van der Waals surface area contributed by atoms with Crippen LogP contribution in [-0.2, 0) is 11.8 Å². The van der Waals surface area contributed by atoms with Crippen molar-refractivity contribution in [3.63, 3.8) is 0 Å². The van der Waals surface area contributed by atoms with Gasteiger partial charge in [-0.1, -0.05) is 25.3 Å². The van der Waals surface area contributed by atoms with E-state index in [0.29, 0.717) is 12.4 Å². The second-order valence-corrected chi connectivity index (χ2v) is 4.80. The number of allylic oxidation sites excluding steroid dienone is 2. The summed E-state index contributed by atoms with van der Waals surface area (Å²) in [7, 11) is 1.80. The zero-order chi connectivity index (χ0) is 15.6. The van der Waals surface area contributed by atoms with Crippen molar-refractivity contribution in [1.82, 2.24) is 15.1 Å². The molecule has 110 valence electrons. The third kappa shape index (κ3) is 2.79. The van der Waals surface area contributed by atoms with Crippen molar-refractivity contribution >= 4 is 29.9 Å². The van der Waals surface area contributed by atoms with Crippen LogP contribution < -0.4 is 10.2 Å². The molecule has 0 saturated carbocycles. The van der Waals surface area contributed by atoms with Crippen molar-refractivity contribution in [2.45, 2.75) is 13.3 Å². The van der Waals surface area contributed by atoms with Gasteiger partial charge in [0, 0.05) is 25.6 Å². The number of aromatic nitrogens is 2. The van der Waals surface area contributed by atoms with E-state index in [0.717, 1.165) is 16.8 Å². The molecule has 0 aliphatic carbocycles. The molecule has 0 radical (unpaired) electrons. The Labute approximate surface area is 123 Å². The molecule has 6 nitrogen and oxygen atoms in total. The fourth-order valence-electron chi connectivity index (χ4n) is 2.15. The van der Waals surface area contributed by atoms with Crippen LogP contribution in [0.3, 0.4) is 0 Å². The first-order valence-electron chi connectivity index (χ1n) is 6.59. The molecule has 21 heavy (non-hydrogen) atoms. The Hall–Kier alpha value is -2.63. The first-order chi connectivity index (χ1) is 9.97. The zero-order valence-electron chi connectivity index (χ0n) is 12.2. The van der Waals surface area contributed by atoms with Gasteiger partial charge in [0.25, 0.3) is 0 Å². The lowest BCUT2D eigenvalue weighted by Gasteiger charge is -2.25. The summed E-state index contributed by atoms with van der Waals surface area (Å²) >= 11 is 0. The predicted octanol–water partition coefficient (Wildman–Crippen LogP) is 2.10. The third-order valence-electron chi connectivity index (χ3n) is 3.31. The number of hydrogen-bond acceptors (Lipinski definition) is 3. The molecule has 1 saturated heterocycles. The Morgan fingerprint density at radius 2 is 2.10 bits per heavy atom. The highest BCUT2D eigenvalue weighted by Crippen LogP contribution is 2.27. The lowest BCUT2D eigenvalue weighted by Crippen LogP contribution is -2.50. The number of aryl methyl sites for hydroxylation is 1. The van der Waals surface area contributed by atoms with Crippen molar-refractivity contribution < 1.29 is 9.59 Å². The number of carbonyl (C=O) groups excluding carboxylic acids is 2. The smallest absolute Gasteiger partial charge is 0.278 e. The Morgan fingerprint density at radius 3 is 2.67 bits per heavy atom. The molecule has 1 fully saturated rings. The maximum atomic E-state index is 12.0. The minimum atomic E-state index is -0.455. The van der Waals surface area contributed by atoms with Gasteiger partial charge in [-0.3, -0.25) is 19.7 Å². The highest BCUT2D eigenvalue weighted by atomic mass is 16.2. The molecule has 1 aromatic rings. The molecule has 0 unspecified atom stereocenters. The van der Waals surface area contributed by atoms with Gasteiger partial charge in [-0.15, -0.1) is 0 Å². The Morgan fingerprint density at radius 1 is 1.38 bits per heavy atom. The van der Waals surface area contributed by atoms with Crippen LogP contribution in [-0.4, -0.2) is 28.3 Å². The largest absolute Gasteiger partial charge is 0.329 e. The topological polar surface area (TPSA) is 67.2 Å². The van der Waals surface area contributed by atoms with Gasteiger partial charge in [0.2, 0.25) is 5.91 Å². The van der Waals surface area contributed by atoms with Crippen molar-refractivity contribution in [3.05, 3.63) is 36.1 Å². The van der Waals surface area contributed by atoms with Gasteiger partial charge in [-0.05, 0) is 18.6 Å². The molecule has 3 amide bonds. The highest BCUT2D eigenvalue weighted by molar-refractivity contribution is 6.06. The first-order valence-corrected chi connectivity index (χ1v) is 6.59. The number of urea groups is 1. The van der Waals surface area contributed by atoms with Crippen molar-refractivity contribution in [3.8, 4) is 0 Å². The average Bonchev–Trinajstić information content (AvgIpc) is 2.75. The molecule has 0 bridgehead atoms. The summed E-state index contributed by atoms with van der Waals surface area (Å²) in [6.07, 6.45) is 5.59. The van der Waals surface area contributed by atoms with E-state index in [1.54, 1.807) is 23.9 Å². The summed E-state index contributed by atoms with van der Waals surface area (Å²) in [4.78, 5) is 24.6. The van der Waals surface area contributed by atoms with E-state index in [1.165, 1.54) is 4.90 Å². The van der Waals surface area contributed by atoms with Gasteiger partial charge in [-0.2, -0.15) is 5.10 Å². The summed E-state index contributed by atoms with van der Waals surface area (Å²) in [6.45, 7) is 9.76. The molecule has 2 rings (SSSR count). The van der Waals surface area contributed by atoms with Gasteiger partial charge >= 0.3 is 6.03 Å². The minimum Gasteiger partial charge on any atom is -0.278 e. The molecular weight excluding hydrogens is 268 g/mol. The second kappa shape index (κ2) is 5.78. The van der Waals surface area contributed by atoms with E-state index < -0.39 is 6.03 Å².